The van der Waals surface area contributed by atoms with E-state index in [0.29, 0.717) is 18.7 Å². The number of carbonyl (C=O) groups is 1. The Morgan fingerprint density at radius 2 is 2.15 bits per heavy atom. The molecule has 1 atom stereocenters. The predicted molar refractivity (Wildman–Crippen MR) is 72.3 cm³/mol. The number of benzene rings is 1. The average molecular weight is 299 g/mol. The maximum Gasteiger partial charge on any atom is 0.328 e. The second-order valence-corrected chi connectivity index (χ2v) is 6.77. The van der Waals surface area contributed by atoms with Crippen molar-refractivity contribution in [3.63, 3.8) is 0 Å². The van der Waals surface area contributed by atoms with Crippen molar-refractivity contribution in [3.8, 4) is 0 Å². The van der Waals surface area contributed by atoms with Gasteiger partial charge in [-0.2, -0.15) is 0 Å². The van der Waals surface area contributed by atoms with Gasteiger partial charge < -0.3 is 9.84 Å². The fraction of sp³-hybridized carbons (Fsp3) is 0.462. The van der Waals surface area contributed by atoms with Crippen molar-refractivity contribution >= 4 is 15.8 Å². The second kappa shape index (κ2) is 5.51. The van der Waals surface area contributed by atoms with Crippen LogP contribution in [0.5, 0.6) is 0 Å². The summed E-state index contributed by atoms with van der Waals surface area (Å²) in [6.07, 6.45) is 0.00535. The predicted octanol–water partition coefficient (Wildman–Crippen LogP) is 0.380. The number of rotatable bonds is 5. The molecule has 110 valence electrons. The Bertz CT molecular complexity index is 613. The van der Waals surface area contributed by atoms with Crippen molar-refractivity contribution in [2.24, 2.45) is 0 Å². The zero-order valence-electron chi connectivity index (χ0n) is 11.1. The van der Waals surface area contributed by atoms with E-state index in [1.54, 1.807) is 18.2 Å². The molecular formula is C13H17NO5S. The van der Waals surface area contributed by atoms with Crippen LogP contribution < -0.4 is 5.32 Å². The first-order valence-electron chi connectivity index (χ1n) is 6.24. The summed E-state index contributed by atoms with van der Waals surface area (Å²) in [4.78, 5) is 11.8. The molecule has 0 spiro atoms. The molecule has 0 amide bonds. The number of ether oxygens (including phenoxy) is 1. The summed E-state index contributed by atoms with van der Waals surface area (Å²) in [5.41, 5.74) is -1.07. The first-order valence-corrected chi connectivity index (χ1v) is 7.89. The van der Waals surface area contributed by atoms with E-state index < -0.39 is 21.3 Å². The summed E-state index contributed by atoms with van der Waals surface area (Å²) in [6.45, 7) is 0.682. The van der Waals surface area contributed by atoms with Gasteiger partial charge in [0.15, 0.2) is 9.84 Å². The van der Waals surface area contributed by atoms with Crippen molar-refractivity contribution in [2.45, 2.75) is 16.9 Å². The Kier molecular flexibility index (Phi) is 4.12. The van der Waals surface area contributed by atoms with E-state index in [0.717, 1.165) is 0 Å². The number of carboxylic acids is 1. The number of hydrogen-bond donors (Lipinski definition) is 2. The fourth-order valence-electron chi connectivity index (χ4n) is 2.47. The van der Waals surface area contributed by atoms with E-state index in [1.807, 2.05) is 0 Å². The molecule has 20 heavy (non-hydrogen) atoms. The van der Waals surface area contributed by atoms with Gasteiger partial charge in [-0.05, 0) is 12.5 Å². The van der Waals surface area contributed by atoms with E-state index in [9.17, 15) is 18.3 Å². The van der Waals surface area contributed by atoms with Crippen LogP contribution in [0.15, 0.2) is 29.2 Å². The van der Waals surface area contributed by atoms with Crippen LogP contribution in [0.1, 0.15) is 12.0 Å². The van der Waals surface area contributed by atoms with Crippen molar-refractivity contribution in [2.75, 3.05) is 26.0 Å². The molecule has 1 aromatic rings. The Morgan fingerprint density at radius 3 is 2.80 bits per heavy atom. The van der Waals surface area contributed by atoms with Crippen molar-refractivity contribution in [1.82, 2.24) is 5.32 Å². The molecule has 0 aromatic heterocycles. The van der Waals surface area contributed by atoms with Gasteiger partial charge in [-0.25, -0.2) is 13.2 Å². The fourth-order valence-corrected chi connectivity index (χ4v) is 4.13. The van der Waals surface area contributed by atoms with Gasteiger partial charge in [-0.1, -0.05) is 18.2 Å². The standard InChI is InChI=1S/C13H17NO5S/c1-19-8-7-14-13(12(15)16)6-9-20(17,18)11-5-3-2-4-10(11)13/h2-5,14H,6-9H2,1H3,(H,15,16). The Balaban J connectivity index is 2.51. The van der Waals surface area contributed by atoms with E-state index in [1.165, 1.54) is 13.2 Å². The summed E-state index contributed by atoms with van der Waals surface area (Å²) in [7, 11) is -1.89. The summed E-state index contributed by atoms with van der Waals surface area (Å²) >= 11 is 0. The van der Waals surface area contributed by atoms with Crippen molar-refractivity contribution in [3.05, 3.63) is 29.8 Å². The molecule has 1 unspecified atom stereocenters. The van der Waals surface area contributed by atoms with E-state index in [4.69, 9.17) is 4.74 Å². The van der Waals surface area contributed by atoms with E-state index in [2.05, 4.69) is 5.32 Å². The van der Waals surface area contributed by atoms with Crippen LogP contribution >= 0.6 is 0 Å². The lowest BCUT2D eigenvalue weighted by Gasteiger charge is -2.36. The molecule has 0 radical (unpaired) electrons. The lowest BCUT2D eigenvalue weighted by molar-refractivity contribution is -0.145. The lowest BCUT2D eigenvalue weighted by Crippen LogP contribution is -2.53. The molecule has 6 nitrogen and oxygen atoms in total. The third-order valence-corrected chi connectivity index (χ3v) is 5.29. The molecule has 1 aliphatic rings. The Hall–Kier alpha value is -1.44. The summed E-state index contributed by atoms with van der Waals surface area (Å²) < 4.78 is 29.0. The number of carboxylic acid groups (broad SMARTS) is 1. The van der Waals surface area contributed by atoms with Crippen LogP contribution in [0, 0.1) is 0 Å². The van der Waals surface area contributed by atoms with Gasteiger partial charge >= 0.3 is 5.97 Å². The maximum absolute atomic E-state index is 12.1. The minimum atomic E-state index is -3.41. The average Bonchev–Trinajstić information content (AvgIpc) is 2.42. The Morgan fingerprint density at radius 1 is 1.45 bits per heavy atom. The molecule has 1 heterocycles. The molecule has 0 aliphatic carbocycles. The third-order valence-electron chi connectivity index (χ3n) is 3.53. The van der Waals surface area contributed by atoms with E-state index in [-0.39, 0.29) is 17.1 Å². The Labute approximate surface area is 117 Å². The summed E-state index contributed by atoms with van der Waals surface area (Å²) in [6, 6.07) is 6.26. The summed E-state index contributed by atoms with van der Waals surface area (Å²) in [5.74, 6) is -1.26. The minimum absolute atomic E-state index is 0.00535. The smallest absolute Gasteiger partial charge is 0.328 e. The first-order chi connectivity index (χ1) is 9.44. The number of fused-ring (bicyclic) bond motifs is 1. The molecule has 7 heteroatoms. The van der Waals surface area contributed by atoms with Crippen molar-refractivity contribution < 1.29 is 23.1 Å². The van der Waals surface area contributed by atoms with Crippen LogP contribution in [0.25, 0.3) is 0 Å². The molecule has 2 rings (SSSR count). The second-order valence-electron chi connectivity index (χ2n) is 4.70. The molecule has 0 bridgehead atoms. The van der Waals surface area contributed by atoms with Crippen LogP contribution in [0.2, 0.25) is 0 Å². The molecule has 2 N–H and O–H groups in total. The SMILES string of the molecule is COCCNC1(C(=O)O)CCS(=O)(=O)c2ccccc21. The number of sulfone groups is 1. The minimum Gasteiger partial charge on any atom is -0.480 e. The van der Waals surface area contributed by atoms with Gasteiger partial charge in [-0.3, -0.25) is 5.32 Å². The first kappa shape index (κ1) is 15.0. The number of methoxy groups -OCH3 is 1. The van der Waals surface area contributed by atoms with Gasteiger partial charge in [0.05, 0.1) is 17.3 Å². The van der Waals surface area contributed by atoms with E-state index >= 15 is 0 Å². The van der Waals surface area contributed by atoms with Crippen LogP contribution in [0.4, 0.5) is 0 Å². The monoisotopic (exact) mass is 299 g/mol. The number of hydrogen-bond acceptors (Lipinski definition) is 5. The molecular weight excluding hydrogens is 282 g/mol. The number of aliphatic carboxylic acids is 1. The molecule has 1 aromatic carbocycles. The normalized spacial score (nSPS) is 24.1. The zero-order valence-corrected chi connectivity index (χ0v) is 11.9. The molecule has 1 aliphatic heterocycles. The topological polar surface area (TPSA) is 92.7 Å². The van der Waals surface area contributed by atoms with Gasteiger partial charge in [0.1, 0.15) is 5.54 Å². The molecule has 0 fully saturated rings. The quantitative estimate of drug-likeness (QED) is 0.764. The van der Waals surface area contributed by atoms with Crippen LogP contribution in [0.3, 0.4) is 0 Å². The molecule has 0 saturated carbocycles. The van der Waals surface area contributed by atoms with Gasteiger partial charge in [-0.15, -0.1) is 0 Å². The maximum atomic E-state index is 12.1. The molecule has 0 saturated heterocycles. The zero-order chi connectivity index (χ0) is 14.8. The highest BCUT2D eigenvalue weighted by Gasteiger charge is 2.47. The van der Waals surface area contributed by atoms with Crippen LogP contribution in [-0.2, 0) is 24.9 Å². The van der Waals surface area contributed by atoms with Crippen molar-refractivity contribution in [1.29, 1.82) is 0 Å². The lowest BCUT2D eigenvalue weighted by atomic mass is 9.86. The van der Waals surface area contributed by atoms with Gasteiger partial charge in [0.2, 0.25) is 0 Å². The van der Waals surface area contributed by atoms with Gasteiger partial charge in [0.25, 0.3) is 0 Å². The highest BCUT2D eigenvalue weighted by molar-refractivity contribution is 7.91. The highest BCUT2D eigenvalue weighted by Crippen LogP contribution is 2.37. The largest absolute Gasteiger partial charge is 0.480 e. The highest BCUT2D eigenvalue weighted by atomic mass is 32.2. The summed E-state index contributed by atoms with van der Waals surface area (Å²) in [5, 5.41) is 12.5. The van der Waals surface area contributed by atoms with Crippen LogP contribution in [-0.4, -0.2) is 45.5 Å². The van der Waals surface area contributed by atoms with Gasteiger partial charge in [0, 0.05) is 19.2 Å². The third kappa shape index (κ3) is 2.44. The number of nitrogens with one attached hydrogen (secondary N) is 1.